The van der Waals surface area contributed by atoms with Crippen LogP contribution in [0.5, 0.6) is 11.5 Å². The van der Waals surface area contributed by atoms with Gasteiger partial charge < -0.3 is 9.47 Å². The van der Waals surface area contributed by atoms with Crippen LogP contribution in [0.1, 0.15) is 11.1 Å². The van der Waals surface area contributed by atoms with Crippen LogP contribution in [0.2, 0.25) is 0 Å². The van der Waals surface area contributed by atoms with Crippen molar-refractivity contribution in [2.45, 2.75) is 13.2 Å². The van der Waals surface area contributed by atoms with Gasteiger partial charge in [0.05, 0.1) is 6.07 Å². The summed E-state index contributed by atoms with van der Waals surface area (Å²) in [4.78, 5) is 0. The summed E-state index contributed by atoms with van der Waals surface area (Å²) in [5, 5.41) is 0. The third kappa shape index (κ3) is 4.13. The molecule has 0 aromatic heterocycles. The van der Waals surface area contributed by atoms with E-state index in [4.69, 9.17) is 9.47 Å². The highest BCUT2D eigenvalue weighted by molar-refractivity contribution is 5.31. The van der Waals surface area contributed by atoms with Crippen LogP contribution in [-0.4, -0.2) is 0 Å². The first-order chi connectivity index (χ1) is 10.9. The Kier molecular flexibility index (Phi) is 4.73. The molecule has 3 aromatic carbocycles. The van der Waals surface area contributed by atoms with Gasteiger partial charge >= 0.3 is 0 Å². The third-order valence-electron chi connectivity index (χ3n) is 3.22. The van der Waals surface area contributed by atoms with Gasteiger partial charge in [0.2, 0.25) is 0 Å². The summed E-state index contributed by atoms with van der Waals surface area (Å²) in [5.74, 6) is 1.38. The third-order valence-corrected chi connectivity index (χ3v) is 3.22. The average molecular weight is 289 g/mol. The zero-order valence-corrected chi connectivity index (χ0v) is 12.2. The summed E-state index contributed by atoms with van der Waals surface area (Å²) >= 11 is 0. The maximum Gasteiger partial charge on any atom is 0.131 e. The van der Waals surface area contributed by atoms with Gasteiger partial charge in [-0.2, -0.15) is 0 Å². The monoisotopic (exact) mass is 289 g/mol. The Morgan fingerprint density at radius 1 is 0.545 bits per heavy atom. The standard InChI is InChI=1S/C20H17O2/c1-3-8-17(9-4-1)15-21-19-12-7-13-20(14-19)22-16-18-10-5-2-6-11-18/h1-13H,15-16H2. The molecule has 0 aliphatic carbocycles. The van der Waals surface area contributed by atoms with Crippen LogP contribution in [0.15, 0.2) is 78.9 Å². The Morgan fingerprint density at radius 2 is 1.00 bits per heavy atom. The summed E-state index contributed by atoms with van der Waals surface area (Å²) in [5.41, 5.74) is 2.26. The molecule has 0 unspecified atom stereocenters. The Bertz CT molecular complexity index is 634. The topological polar surface area (TPSA) is 18.5 Å². The molecule has 22 heavy (non-hydrogen) atoms. The molecule has 0 atom stereocenters. The minimum absolute atomic E-state index is 0.527. The van der Waals surface area contributed by atoms with Crippen molar-refractivity contribution in [1.29, 1.82) is 0 Å². The Balaban J connectivity index is 1.58. The zero-order chi connectivity index (χ0) is 15.0. The van der Waals surface area contributed by atoms with Gasteiger partial charge in [0.1, 0.15) is 24.7 Å². The molecule has 0 aliphatic heterocycles. The Hall–Kier alpha value is -2.74. The maximum atomic E-state index is 5.75. The molecule has 0 bridgehead atoms. The molecule has 0 spiro atoms. The van der Waals surface area contributed by atoms with Gasteiger partial charge in [-0.1, -0.05) is 66.7 Å². The van der Waals surface area contributed by atoms with E-state index in [0.717, 1.165) is 11.1 Å². The first kappa shape index (κ1) is 14.2. The van der Waals surface area contributed by atoms with E-state index in [0.29, 0.717) is 24.7 Å². The van der Waals surface area contributed by atoms with Gasteiger partial charge in [0.15, 0.2) is 0 Å². The number of hydrogen-bond donors (Lipinski definition) is 0. The Labute approximate surface area is 131 Å². The fourth-order valence-corrected chi connectivity index (χ4v) is 2.07. The molecule has 3 aromatic rings. The van der Waals surface area contributed by atoms with Crippen LogP contribution in [-0.2, 0) is 13.2 Å². The molecule has 0 heterocycles. The van der Waals surface area contributed by atoms with E-state index in [-0.39, 0.29) is 0 Å². The number of ether oxygens (including phenoxy) is 2. The molecule has 0 amide bonds. The lowest BCUT2D eigenvalue weighted by Gasteiger charge is -2.09. The van der Waals surface area contributed by atoms with Crippen molar-refractivity contribution in [3.63, 3.8) is 0 Å². The second-order valence-corrected chi connectivity index (χ2v) is 4.93. The second kappa shape index (κ2) is 7.32. The van der Waals surface area contributed by atoms with Gasteiger partial charge in [-0.25, -0.2) is 0 Å². The largest absolute Gasteiger partial charge is 0.488 e. The number of benzene rings is 3. The molecule has 2 nitrogen and oxygen atoms in total. The maximum absolute atomic E-state index is 5.75. The first-order valence-corrected chi connectivity index (χ1v) is 7.26. The van der Waals surface area contributed by atoms with Crippen LogP contribution in [0.25, 0.3) is 0 Å². The van der Waals surface area contributed by atoms with Gasteiger partial charge in [-0.3, -0.25) is 0 Å². The fraction of sp³-hybridized carbons (Fsp3) is 0.100. The van der Waals surface area contributed by atoms with Crippen LogP contribution in [0.3, 0.4) is 0 Å². The molecule has 1 radical (unpaired) electrons. The highest BCUT2D eigenvalue weighted by Gasteiger charge is 2.00. The average Bonchev–Trinajstić information content (AvgIpc) is 2.60. The van der Waals surface area contributed by atoms with E-state index in [1.54, 1.807) is 0 Å². The smallest absolute Gasteiger partial charge is 0.131 e. The van der Waals surface area contributed by atoms with Gasteiger partial charge in [0.25, 0.3) is 0 Å². The predicted molar refractivity (Wildman–Crippen MR) is 86.8 cm³/mol. The van der Waals surface area contributed by atoms with Gasteiger partial charge in [0, 0.05) is 0 Å². The normalized spacial score (nSPS) is 10.2. The molecule has 109 valence electrons. The van der Waals surface area contributed by atoms with Gasteiger partial charge in [-0.05, 0) is 23.3 Å². The summed E-state index contributed by atoms with van der Waals surface area (Å²) in [6.07, 6.45) is 0. The molecule has 0 N–H and O–H groups in total. The molecule has 0 saturated heterocycles. The lowest BCUT2D eigenvalue weighted by molar-refractivity contribution is 0.288. The number of hydrogen-bond acceptors (Lipinski definition) is 2. The minimum Gasteiger partial charge on any atom is -0.488 e. The molecule has 0 saturated carbocycles. The molecule has 2 heteroatoms. The molecule has 0 fully saturated rings. The summed E-state index contributed by atoms with van der Waals surface area (Å²) in [7, 11) is 0. The second-order valence-electron chi connectivity index (χ2n) is 4.93. The highest BCUT2D eigenvalue weighted by Crippen LogP contribution is 2.20. The van der Waals surface area contributed by atoms with Crippen molar-refractivity contribution in [2.24, 2.45) is 0 Å². The molecular weight excluding hydrogens is 272 g/mol. The van der Waals surface area contributed by atoms with E-state index in [2.05, 4.69) is 6.07 Å². The highest BCUT2D eigenvalue weighted by atomic mass is 16.5. The number of rotatable bonds is 6. The molecule has 0 aliphatic rings. The zero-order valence-electron chi connectivity index (χ0n) is 12.2. The molecule has 3 rings (SSSR count). The minimum atomic E-state index is 0.527. The quantitative estimate of drug-likeness (QED) is 0.658. The van der Waals surface area contributed by atoms with Gasteiger partial charge in [-0.15, -0.1) is 0 Å². The predicted octanol–water partition coefficient (Wildman–Crippen LogP) is 4.64. The summed E-state index contributed by atoms with van der Waals surface area (Å²) in [6, 6.07) is 29.0. The van der Waals surface area contributed by atoms with E-state index in [1.165, 1.54) is 0 Å². The van der Waals surface area contributed by atoms with Crippen molar-refractivity contribution in [2.75, 3.05) is 0 Å². The van der Waals surface area contributed by atoms with Crippen LogP contribution in [0, 0.1) is 6.07 Å². The van der Waals surface area contributed by atoms with Crippen LogP contribution in [0.4, 0.5) is 0 Å². The van der Waals surface area contributed by atoms with Crippen molar-refractivity contribution in [3.8, 4) is 11.5 Å². The van der Waals surface area contributed by atoms with Crippen LogP contribution < -0.4 is 9.47 Å². The van der Waals surface area contributed by atoms with Crippen molar-refractivity contribution in [3.05, 3.63) is 96.1 Å². The lowest BCUT2D eigenvalue weighted by atomic mass is 10.2. The SMILES string of the molecule is [c]1c(OCc2ccccc2)cccc1OCc1ccccc1. The fourth-order valence-electron chi connectivity index (χ4n) is 2.07. The van der Waals surface area contributed by atoms with Crippen molar-refractivity contribution >= 4 is 0 Å². The molecular formula is C20H17O2. The first-order valence-electron chi connectivity index (χ1n) is 7.26. The van der Waals surface area contributed by atoms with E-state index >= 15 is 0 Å². The van der Waals surface area contributed by atoms with E-state index in [9.17, 15) is 0 Å². The van der Waals surface area contributed by atoms with E-state index < -0.39 is 0 Å². The lowest BCUT2D eigenvalue weighted by Crippen LogP contribution is -1.97. The van der Waals surface area contributed by atoms with Crippen LogP contribution >= 0.6 is 0 Å². The summed E-state index contributed by atoms with van der Waals surface area (Å²) in [6.45, 7) is 1.05. The van der Waals surface area contributed by atoms with Crippen molar-refractivity contribution < 1.29 is 9.47 Å². The summed E-state index contributed by atoms with van der Waals surface area (Å²) < 4.78 is 11.5. The Morgan fingerprint density at radius 3 is 1.45 bits per heavy atom. The van der Waals surface area contributed by atoms with E-state index in [1.807, 2.05) is 78.9 Å². The van der Waals surface area contributed by atoms with Crippen molar-refractivity contribution in [1.82, 2.24) is 0 Å².